The summed E-state index contributed by atoms with van der Waals surface area (Å²) in [5.74, 6) is 3.33. The highest BCUT2D eigenvalue weighted by Crippen LogP contribution is 2.30. The molecule has 0 aromatic heterocycles. The van der Waals surface area contributed by atoms with Gasteiger partial charge in [-0.15, -0.1) is 11.8 Å². The summed E-state index contributed by atoms with van der Waals surface area (Å²) in [6.07, 6.45) is 0.630. The Labute approximate surface area is 115 Å². The predicted molar refractivity (Wildman–Crippen MR) is 70.5 cm³/mol. The van der Waals surface area contributed by atoms with E-state index in [0.717, 1.165) is 0 Å². The quantitative estimate of drug-likeness (QED) is 0.622. The second kappa shape index (κ2) is 7.34. The van der Waals surface area contributed by atoms with Gasteiger partial charge in [-0.2, -0.15) is 8.78 Å². The van der Waals surface area contributed by atoms with Gasteiger partial charge in [0.2, 0.25) is 0 Å². The molecule has 4 nitrogen and oxygen atoms in total. The van der Waals surface area contributed by atoms with Gasteiger partial charge in [-0.25, -0.2) is 0 Å². The van der Waals surface area contributed by atoms with Gasteiger partial charge in [0.15, 0.2) is 0 Å². The Morgan fingerprint density at radius 2 is 2.20 bits per heavy atom. The minimum Gasteiger partial charge on any atom is -0.481 e. The molecule has 0 spiro atoms. The zero-order valence-electron chi connectivity index (χ0n) is 10.9. The summed E-state index contributed by atoms with van der Waals surface area (Å²) in [5, 5.41) is 9.23. The van der Waals surface area contributed by atoms with E-state index in [-0.39, 0.29) is 23.4 Å². The molecule has 20 heavy (non-hydrogen) atoms. The van der Waals surface area contributed by atoms with Crippen LogP contribution in [0.15, 0.2) is 18.2 Å². The SMILES string of the molecule is CC#CCCC(C(=O)O)c1cc(OC(F)F)ccc1N. The molecule has 0 saturated heterocycles. The number of anilines is 1. The monoisotopic (exact) mass is 283 g/mol. The smallest absolute Gasteiger partial charge is 0.387 e. The van der Waals surface area contributed by atoms with E-state index in [9.17, 15) is 18.7 Å². The van der Waals surface area contributed by atoms with Crippen molar-refractivity contribution >= 4 is 11.7 Å². The Hall–Kier alpha value is -2.29. The zero-order chi connectivity index (χ0) is 15.1. The van der Waals surface area contributed by atoms with Gasteiger partial charge in [0, 0.05) is 12.1 Å². The third-order valence-corrected chi connectivity index (χ3v) is 2.69. The number of carboxylic acid groups (broad SMARTS) is 1. The summed E-state index contributed by atoms with van der Waals surface area (Å²) < 4.78 is 28.6. The Morgan fingerprint density at radius 1 is 1.50 bits per heavy atom. The van der Waals surface area contributed by atoms with Gasteiger partial charge < -0.3 is 15.6 Å². The second-order valence-corrected chi connectivity index (χ2v) is 4.03. The van der Waals surface area contributed by atoms with E-state index in [0.29, 0.717) is 6.42 Å². The van der Waals surface area contributed by atoms with Gasteiger partial charge in [-0.3, -0.25) is 4.79 Å². The van der Waals surface area contributed by atoms with Crippen LogP contribution in [-0.4, -0.2) is 17.7 Å². The maximum atomic E-state index is 12.2. The number of hydrogen-bond acceptors (Lipinski definition) is 3. The van der Waals surface area contributed by atoms with Crippen LogP contribution in [0.5, 0.6) is 5.75 Å². The molecule has 1 aromatic carbocycles. The number of ether oxygens (including phenoxy) is 1. The highest BCUT2D eigenvalue weighted by molar-refractivity contribution is 5.79. The zero-order valence-corrected chi connectivity index (χ0v) is 10.9. The Bertz CT molecular complexity index is 535. The summed E-state index contributed by atoms with van der Waals surface area (Å²) in [4.78, 5) is 11.3. The second-order valence-electron chi connectivity index (χ2n) is 4.03. The number of nitrogen functional groups attached to an aromatic ring is 1. The average molecular weight is 283 g/mol. The molecule has 0 radical (unpaired) electrons. The van der Waals surface area contributed by atoms with Crippen LogP contribution in [-0.2, 0) is 4.79 Å². The number of rotatable bonds is 6. The molecule has 0 heterocycles. The number of benzene rings is 1. The van der Waals surface area contributed by atoms with Crippen LogP contribution in [0.25, 0.3) is 0 Å². The van der Waals surface area contributed by atoms with Gasteiger partial charge in [0.1, 0.15) is 5.75 Å². The van der Waals surface area contributed by atoms with Gasteiger partial charge in [0.25, 0.3) is 0 Å². The first kappa shape index (κ1) is 15.8. The fraction of sp³-hybridized carbons (Fsp3) is 0.357. The van der Waals surface area contributed by atoms with Crippen molar-refractivity contribution in [3.8, 4) is 17.6 Å². The number of aliphatic carboxylic acids is 1. The van der Waals surface area contributed by atoms with Crippen LogP contribution in [0, 0.1) is 11.8 Å². The number of hydrogen-bond donors (Lipinski definition) is 2. The summed E-state index contributed by atoms with van der Waals surface area (Å²) in [5.41, 5.74) is 6.20. The average Bonchev–Trinajstić information content (AvgIpc) is 2.36. The standard InChI is InChI=1S/C14H15F2NO3/c1-2-3-4-5-10(13(18)19)11-8-9(20-14(15)16)6-7-12(11)17/h6-8,10,14H,4-5,17H2,1H3,(H,18,19). The molecular formula is C14H15F2NO3. The van der Waals surface area contributed by atoms with Gasteiger partial charge in [0.05, 0.1) is 5.92 Å². The van der Waals surface area contributed by atoms with Crippen LogP contribution in [0.4, 0.5) is 14.5 Å². The van der Waals surface area contributed by atoms with E-state index in [1.807, 2.05) is 0 Å². The van der Waals surface area contributed by atoms with Gasteiger partial charge in [-0.1, -0.05) is 0 Å². The molecule has 0 aliphatic carbocycles. The number of alkyl halides is 2. The molecule has 0 amide bonds. The van der Waals surface area contributed by atoms with Crippen LogP contribution in [0.2, 0.25) is 0 Å². The maximum absolute atomic E-state index is 12.2. The van der Waals surface area contributed by atoms with Crippen molar-refractivity contribution in [3.05, 3.63) is 23.8 Å². The van der Waals surface area contributed by atoms with E-state index in [1.165, 1.54) is 18.2 Å². The van der Waals surface area contributed by atoms with Crippen molar-refractivity contribution in [2.75, 3.05) is 5.73 Å². The highest BCUT2D eigenvalue weighted by atomic mass is 19.3. The number of carbonyl (C=O) groups is 1. The molecule has 108 valence electrons. The molecule has 0 fully saturated rings. The predicted octanol–water partition coefficient (Wildman–Crippen LogP) is 2.84. The normalized spacial score (nSPS) is 11.6. The lowest BCUT2D eigenvalue weighted by Crippen LogP contribution is -2.14. The molecule has 3 N–H and O–H groups in total. The van der Waals surface area contributed by atoms with Crippen LogP contribution in [0.3, 0.4) is 0 Å². The molecule has 0 aliphatic heterocycles. The fourth-order valence-corrected chi connectivity index (χ4v) is 1.78. The van der Waals surface area contributed by atoms with Crippen LogP contribution < -0.4 is 10.5 Å². The Balaban J connectivity index is 3.03. The molecule has 0 saturated carbocycles. The molecular weight excluding hydrogens is 268 g/mol. The molecule has 1 atom stereocenters. The maximum Gasteiger partial charge on any atom is 0.387 e. The number of nitrogens with two attached hydrogens (primary N) is 1. The van der Waals surface area contributed by atoms with E-state index in [2.05, 4.69) is 16.6 Å². The molecule has 1 rings (SSSR count). The van der Waals surface area contributed by atoms with Crippen LogP contribution >= 0.6 is 0 Å². The minimum absolute atomic E-state index is 0.114. The van der Waals surface area contributed by atoms with Crippen molar-refractivity contribution in [2.24, 2.45) is 0 Å². The number of halogens is 2. The van der Waals surface area contributed by atoms with E-state index in [4.69, 9.17) is 5.73 Å². The molecule has 0 aliphatic rings. The van der Waals surface area contributed by atoms with E-state index < -0.39 is 18.5 Å². The topological polar surface area (TPSA) is 72.5 Å². The fourth-order valence-electron chi connectivity index (χ4n) is 1.78. The Morgan fingerprint density at radius 3 is 2.75 bits per heavy atom. The van der Waals surface area contributed by atoms with E-state index >= 15 is 0 Å². The van der Waals surface area contributed by atoms with Crippen molar-refractivity contribution in [2.45, 2.75) is 32.3 Å². The first-order chi connectivity index (χ1) is 9.45. The third-order valence-electron chi connectivity index (χ3n) is 2.69. The van der Waals surface area contributed by atoms with E-state index in [1.54, 1.807) is 6.92 Å². The van der Waals surface area contributed by atoms with Crippen LogP contribution in [0.1, 0.15) is 31.2 Å². The van der Waals surface area contributed by atoms with Crippen molar-refractivity contribution in [1.82, 2.24) is 0 Å². The lowest BCUT2D eigenvalue weighted by Gasteiger charge is -2.15. The number of carboxylic acids is 1. The lowest BCUT2D eigenvalue weighted by atomic mass is 9.93. The molecule has 6 heteroatoms. The minimum atomic E-state index is -2.97. The first-order valence-electron chi connectivity index (χ1n) is 5.92. The Kier molecular flexibility index (Phi) is 5.78. The lowest BCUT2D eigenvalue weighted by molar-refractivity contribution is -0.138. The summed E-state index contributed by atoms with van der Waals surface area (Å²) in [7, 11) is 0. The van der Waals surface area contributed by atoms with Gasteiger partial charge >= 0.3 is 12.6 Å². The molecule has 1 unspecified atom stereocenters. The summed E-state index contributed by atoms with van der Waals surface area (Å²) >= 11 is 0. The van der Waals surface area contributed by atoms with Crippen molar-refractivity contribution in [1.29, 1.82) is 0 Å². The first-order valence-corrected chi connectivity index (χ1v) is 5.92. The molecule has 0 bridgehead atoms. The summed E-state index contributed by atoms with van der Waals surface area (Å²) in [6, 6.07) is 3.86. The third kappa shape index (κ3) is 4.43. The molecule has 1 aromatic rings. The highest BCUT2D eigenvalue weighted by Gasteiger charge is 2.22. The largest absolute Gasteiger partial charge is 0.481 e. The van der Waals surface area contributed by atoms with Crippen molar-refractivity contribution < 1.29 is 23.4 Å². The summed E-state index contributed by atoms with van der Waals surface area (Å²) in [6.45, 7) is -1.32. The van der Waals surface area contributed by atoms with Gasteiger partial charge in [-0.05, 0) is 37.1 Å². The van der Waals surface area contributed by atoms with Crippen molar-refractivity contribution in [3.63, 3.8) is 0 Å².